The number of anilines is 1. The molecule has 1 aromatic heterocycles. The molecule has 0 atom stereocenters. The summed E-state index contributed by atoms with van der Waals surface area (Å²) in [6, 6.07) is 19.4. The van der Waals surface area contributed by atoms with E-state index in [0.29, 0.717) is 24.5 Å². The first-order chi connectivity index (χ1) is 14.1. The van der Waals surface area contributed by atoms with Gasteiger partial charge in [0.2, 0.25) is 5.91 Å². The number of carbonyl (C=O) groups is 1. The van der Waals surface area contributed by atoms with E-state index in [0.717, 1.165) is 40.2 Å². The summed E-state index contributed by atoms with van der Waals surface area (Å²) >= 11 is 9.66. The van der Waals surface area contributed by atoms with Crippen molar-refractivity contribution in [3.63, 3.8) is 0 Å². The Kier molecular flexibility index (Phi) is 6.11. The van der Waals surface area contributed by atoms with E-state index in [9.17, 15) is 4.79 Å². The van der Waals surface area contributed by atoms with E-state index in [1.54, 1.807) is 0 Å². The highest BCUT2D eigenvalue weighted by molar-refractivity contribution is 9.10. The smallest absolute Gasteiger partial charge is 0.227 e. The van der Waals surface area contributed by atoms with E-state index in [1.165, 1.54) is 0 Å². The van der Waals surface area contributed by atoms with Crippen molar-refractivity contribution < 1.29 is 4.79 Å². The number of nitrogens with zero attached hydrogens (tertiary/aromatic N) is 4. The topological polar surface area (TPSA) is 49.3 Å². The zero-order valence-electron chi connectivity index (χ0n) is 15.8. The van der Waals surface area contributed by atoms with Gasteiger partial charge in [0.25, 0.3) is 0 Å². The van der Waals surface area contributed by atoms with Crippen LogP contribution in [0.15, 0.2) is 65.1 Å². The van der Waals surface area contributed by atoms with Gasteiger partial charge in [0.05, 0.1) is 17.1 Å². The fraction of sp³-hybridized carbons (Fsp3) is 0.227. The molecule has 5 nitrogen and oxygen atoms in total. The number of halogens is 2. The lowest BCUT2D eigenvalue weighted by Crippen LogP contribution is -2.49. The van der Waals surface area contributed by atoms with Crippen LogP contribution in [0.5, 0.6) is 0 Å². The fourth-order valence-corrected chi connectivity index (χ4v) is 3.88. The Bertz CT molecular complexity index is 986. The third-order valence-corrected chi connectivity index (χ3v) is 5.88. The Morgan fingerprint density at radius 1 is 0.931 bits per heavy atom. The molecule has 0 bridgehead atoms. The number of carbonyl (C=O) groups excluding carboxylic acids is 1. The van der Waals surface area contributed by atoms with E-state index in [1.807, 2.05) is 65.6 Å². The van der Waals surface area contributed by atoms with Crippen LogP contribution in [0.4, 0.5) is 5.82 Å². The molecule has 0 saturated carbocycles. The van der Waals surface area contributed by atoms with Crippen molar-refractivity contribution >= 4 is 39.3 Å². The molecule has 2 aromatic carbocycles. The van der Waals surface area contributed by atoms with Gasteiger partial charge in [-0.05, 0) is 35.9 Å². The number of hydrogen-bond donors (Lipinski definition) is 0. The van der Waals surface area contributed by atoms with Gasteiger partial charge in [0, 0.05) is 36.2 Å². The molecule has 1 fully saturated rings. The molecule has 2 heterocycles. The maximum atomic E-state index is 12.6. The van der Waals surface area contributed by atoms with Gasteiger partial charge in [-0.25, -0.2) is 0 Å². The van der Waals surface area contributed by atoms with Crippen molar-refractivity contribution in [2.75, 3.05) is 31.1 Å². The normalized spacial score (nSPS) is 14.1. The second-order valence-electron chi connectivity index (χ2n) is 6.93. The van der Waals surface area contributed by atoms with E-state index in [-0.39, 0.29) is 5.91 Å². The van der Waals surface area contributed by atoms with Crippen molar-refractivity contribution in [2.45, 2.75) is 6.42 Å². The third kappa shape index (κ3) is 4.77. The Morgan fingerprint density at radius 3 is 2.31 bits per heavy atom. The van der Waals surface area contributed by atoms with Gasteiger partial charge in [-0.1, -0.05) is 57.9 Å². The standard InChI is InChI=1S/C22H20BrClN4O/c23-17-7-5-16(6-8-17)15-22(29)28-13-11-27(12-14-28)21-10-9-20(25-26-21)18-3-1-2-4-19(18)24/h1-10H,11-15H2. The molecule has 0 aliphatic carbocycles. The average Bonchev–Trinajstić information content (AvgIpc) is 2.76. The van der Waals surface area contributed by atoms with Crippen LogP contribution in [-0.2, 0) is 11.2 Å². The lowest BCUT2D eigenvalue weighted by atomic mass is 10.1. The highest BCUT2D eigenvalue weighted by atomic mass is 79.9. The van der Waals surface area contributed by atoms with Gasteiger partial charge in [-0.3, -0.25) is 4.79 Å². The highest BCUT2D eigenvalue weighted by Gasteiger charge is 2.22. The lowest BCUT2D eigenvalue weighted by molar-refractivity contribution is -0.130. The lowest BCUT2D eigenvalue weighted by Gasteiger charge is -2.35. The van der Waals surface area contributed by atoms with Crippen LogP contribution in [0.3, 0.4) is 0 Å². The number of aromatic nitrogens is 2. The van der Waals surface area contributed by atoms with Crippen LogP contribution in [0, 0.1) is 0 Å². The maximum Gasteiger partial charge on any atom is 0.227 e. The largest absolute Gasteiger partial charge is 0.352 e. The minimum absolute atomic E-state index is 0.159. The van der Waals surface area contributed by atoms with Gasteiger partial charge < -0.3 is 9.80 Å². The number of piperazine rings is 1. The monoisotopic (exact) mass is 470 g/mol. The summed E-state index contributed by atoms with van der Waals surface area (Å²) in [6.07, 6.45) is 0.430. The number of hydrogen-bond acceptors (Lipinski definition) is 4. The van der Waals surface area contributed by atoms with Gasteiger partial charge in [0.1, 0.15) is 0 Å². The molecular formula is C22H20BrClN4O. The van der Waals surface area contributed by atoms with Crippen LogP contribution in [0.1, 0.15) is 5.56 Å². The SMILES string of the molecule is O=C(Cc1ccc(Br)cc1)N1CCN(c2ccc(-c3ccccc3Cl)nn2)CC1. The van der Waals surface area contributed by atoms with Gasteiger partial charge >= 0.3 is 0 Å². The van der Waals surface area contributed by atoms with E-state index in [4.69, 9.17) is 11.6 Å². The minimum Gasteiger partial charge on any atom is -0.352 e. The van der Waals surface area contributed by atoms with E-state index < -0.39 is 0 Å². The van der Waals surface area contributed by atoms with Crippen molar-refractivity contribution in [1.82, 2.24) is 15.1 Å². The van der Waals surface area contributed by atoms with Crippen LogP contribution in [-0.4, -0.2) is 47.2 Å². The molecule has 1 amide bonds. The first-order valence-corrected chi connectivity index (χ1v) is 10.6. The molecule has 0 spiro atoms. The molecule has 0 N–H and O–H groups in total. The zero-order valence-corrected chi connectivity index (χ0v) is 18.1. The van der Waals surface area contributed by atoms with E-state index >= 15 is 0 Å². The molecule has 1 aliphatic rings. The predicted molar refractivity (Wildman–Crippen MR) is 119 cm³/mol. The first kappa shape index (κ1) is 19.9. The van der Waals surface area contributed by atoms with Crippen molar-refractivity contribution in [3.8, 4) is 11.3 Å². The zero-order chi connectivity index (χ0) is 20.2. The van der Waals surface area contributed by atoms with Crippen molar-refractivity contribution in [3.05, 3.63) is 75.7 Å². The summed E-state index contributed by atoms with van der Waals surface area (Å²) in [5.74, 6) is 0.980. The molecule has 0 unspecified atom stereocenters. The second-order valence-corrected chi connectivity index (χ2v) is 8.25. The third-order valence-electron chi connectivity index (χ3n) is 5.03. The Hall–Kier alpha value is -2.44. The van der Waals surface area contributed by atoms with Gasteiger partial charge in [-0.15, -0.1) is 10.2 Å². The molecule has 29 heavy (non-hydrogen) atoms. The summed E-state index contributed by atoms with van der Waals surface area (Å²) < 4.78 is 1.02. The molecular weight excluding hydrogens is 452 g/mol. The summed E-state index contributed by atoms with van der Waals surface area (Å²) in [5, 5.41) is 9.38. The van der Waals surface area contributed by atoms with Crippen molar-refractivity contribution in [1.29, 1.82) is 0 Å². The Balaban J connectivity index is 1.35. The Morgan fingerprint density at radius 2 is 1.66 bits per heavy atom. The first-order valence-electron chi connectivity index (χ1n) is 9.46. The van der Waals surface area contributed by atoms with Crippen molar-refractivity contribution in [2.24, 2.45) is 0 Å². The summed E-state index contributed by atoms with van der Waals surface area (Å²) in [6.45, 7) is 2.85. The predicted octanol–water partition coefficient (Wildman–Crippen LogP) is 4.45. The average molecular weight is 472 g/mol. The van der Waals surface area contributed by atoms with Crippen LogP contribution in [0.25, 0.3) is 11.3 Å². The van der Waals surface area contributed by atoms with E-state index in [2.05, 4.69) is 31.0 Å². The molecule has 0 radical (unpaired) electrons. The molecule has 148 valence electrons. The fourth-order valence-electron chi connectivity index (χ4n) is 3.38. The summed E-state index contributed by atoms with van der Waals surface area (Å²) in [4.78, 5) is 16.7. The minimum atomic E-state index is 0.159. The summed E-state index contributed by atoms with van der Waals surface area (Å²) in [5.41, 5.74) is 2.65. The van der Waals surface area contributed by atoms with Crippen LogP contribution < -0.4 is 4.90 Å². The molecule has 1 aliphatic heterocycles. The molecule has 3 aromatic rings. The van der Waals surface area contributed by atoms with Gasteiger partial charge in [0.15, 0.2) is 5.82 Å². The Labute approximate surface area is 183 Å². The molecule has 7 heteroatoms. The highest BCUT2D eigenvalue weighted by Crippen LogP contribution is 2.26. The second kappa shape index (κ2) is 8.93. The number of benzene rings is 2. The van der Waals surface area contributed by atoms with Crippen LogP contribution >= 0.6 is 27.5 Å². The molecule has 4 rings (SSSR count). The number of amides is 1. The summed E-state index contributed by atoms with van der Waals surface area (Å²) in [7, 11) is 0. The maximum absolute atomic E-state index is 12.6. The number of rotatable bonds is 4. The van der Waals surface area contributed by atoms with Crippen LogP contribution in [0.2, 0.25) is 5.02 Å². The quantitative estimate of drug-likeness (QED) is 0.564. The van der Waals surface area contributed by atoms with Gasteiger partial charge in [-0.2, -0.15) is 0 Å². The molecule has 1 saturated heterocycles.